The zero-order chi connectivity index (χ0) is 23.5. The summed E-state index contributed by atoms with van der Waals surface area (Å²) in [5, 5.41) is 5.05. The Kier molecular flexibility index (Phi) is 6.59. The van der Waals surface area contributed by atoms with Gasteiger partial charge < -0.3 is 19.1 Å². The average Bonchev–Trinajstić information content (AvgIpc) is 3.27. The Bertz CT molecular complexity index is 1290. The van der Waals surface area contributed by atoms with Gasteiger partial charge in [0.2, 0.25) is 0 Å². The number of hydrogen-bond donors (Lipinski definition) is 0. The lowest BCUT2D eigenvalue weighted by molar-refractivity contribution is -0.137. The van der Waals surface area contributed by atoms with Crippen LogP contribution in [0.2, 0.25) is 0 Å². The van der Waals surface area contributed by atoms with Crippen molar-refractivity contribution in [3.63, 3.8) is 0 Å². The molecule has 3 aromatic rings. The van der Waals surface area contributed by atoms with E-state index < -0.39 is 0 Å². The molecule has 1 aliphatic heterocycles. The van der Waals surface area contributed by atoms with Gasteiger partial charge in [-0.15, -0.1) is 11.3 Å². The van der Waals surface area contributed by atoms with Crippen LogP contribution in [0.5, 0.6) is 11.5 Å². The van der Waals surface area contributed by atoms with Crippen LogP contribution in [0.25, 0.3) is 10.2 Å². The second kappa shape index (κ2) is 9.94. The molecule has 1 aromatic carbocycles. The number of fused-ring (bicyclic) bond motifs is 3. The number of carbonyl (C=O) groups is 1. The first-order chi connectivity index (χ1) is 16.6. The zero-order valence-corrected chi connectivity index (χ0v) is 19.8. The molecule has 0 N–H and O–H groups in total. The molecule has 9 nitrogen and oxygen atoms in total. The van der Waals surface area contributed by atoms with Crippen molar-refractivity contribution >= 4 is 33.7 Å². The maximum Gasteiger partial charge on any atom is 0.282 e. The minimum absolute atomic E-state index is 0.0736. The molecule has 178 valence electrons. The maximum absolute atomic E-state index is 13.1. The Morgan fingerprint density at radius 2 is 2.06 bits per heavy atom. The highest BCUT2D eigenvalue weighted by atomic mass is 32.1. The number of benzene rings is 1. The molecule has 0 spiro atoms. The highest BCUT2D eigenvalue weighted by Crippen LogP contribution is 2.33. The second-order valence-corrected chi connectivity index (χ2v) is 9.31. The lowest BCUT2D eigenvalue weighted by Crippen LogP contribution is -2.43. The first-order valence-corrected chi connectivity index (χ1v) is 12.2. The largest absolute Gasteiger partial charge is 0.493 e. The van der Waals surface area contributed by atoms with Crippen molar-refractivity contribution in [1.29, 1.82) is 0 Å². The molecule has 3 heterocycles. The van der Waals surface area contributed by atoms with Crippen LogP contribution in [0.1, 0.15) is 28.8 Å². The molecule has 5 rings (SSSR count). The minimum atomic E-state index is -0.144. The van der Waals surface area contributed by atoms with Gasteiger partial charge in [-0.25, -0.2) is 4.98 Å². The van der Waals surface area contributed by atoms with Crippen LogP contribution in [0, 0.1) is 0 Å². The van der Waals surface area contributed by atoms with Gasteiger partial charge in [0.15, 0.2) is 18.1 Å². The van der Waals surface area contributed by atoms with Gasteiger partial charge >= 0.3 is 0 Å². The summed E-state index contributed by atoms with van der Waals surface area (Å²) >= 11 is 1.62. The smallest absolute Gasteiger partial charge is 0.282 e. The van der Waals surface area contributed by atoms with Crippen LogP contribution in [-0.4, -0.2) is 66.7 Å². The molecule has 34 heavy (non-hydrogen) atoms. The van der Waals surface area contributed by atoms with Gasteiger partial charge in [-0.05, 0) is 55.0 Å². The third kappa shape index (κ3) is 4.55. The van der Waals surface area contributed by atoms with Crippen molar-refractivity contribution in [2.45, 2.75) is 25.7 Å². The first kappa shape index (κ1) is 22.5. The van der Waals surface area contributed by atoms with E-state index in [1.807, 2.05) is 0 Å². The molecule has 1 aliphatic carbocycles. The van der Waals surface area contributed by atoms with Crippen LogP contribution >= 0.6 is 11.3 Å². The van der Waals surface area contributed by atoms with Crippen LogP contribution in [0.4, 0.5) is 0 Å². The monoisotopic (exact) mass is 482 g/mol. The summed E-state index contributed by atoms with van der Waals surface area (Å²) in [5.74, 6) is 0.854. The van der Waals surface area contributed by atoms with Crippen LogP contribution in [-0.2, 0) is 22.4 Å². The lowest BCUT2D eigenvalue weighted by atomic mass is 9.97. The summed E-state index contributed by atoms with van der Waals surface area (Å²) in [4.78, 5) is 33.7. The van der Waals surface area contributed by atoms with Gasteiger partial charge in [-0.1, -0.05) is 0 Å². The Hall–Kier alpha value is -3.24. The van der Waals surface area contributed by atoms with Crippen LogP contribution < -0.4 is 15.0 Å². The third-order valence-corrected chi connectivity index (χ3v) is 7.29. The molecule has 1 saturated heterocycles. The maximum atomic E-state index is 13.1. The highest BCUT2D eigenvalue weighted by Gasteiger charge is 2.20. The number of methoxy groups -OCH3 is 1. The summed E-state index contributed by atoms with van der Waals surface area (Å²) < 4.78 is 17.7. The van der Waals surface area contributed by atoms with Crippen molar-refractivity contribution in [1.82, 2.24) is 14.6 Å². The molecule has 2 aliphatic rings. The van der Waals surface area contributed by atoms with Gasteiger partial charge in [-0.3, -0.25) is 9.59 Å². The molecular formula is C24H26N4O5S. The Balaban J connectivity index is 1.32. The molecule has 2 aromatic heterocycles. The van der Waals surface area contributed by atoms with E-state index in [2.05, 4.69) is 10.1 Å². The fourth-order valence-electron chi connectivity index (χ4n) is 4.28. The minimum Gasteiger partial charge on any atom is -0.493 e. The predicted octanol–water partition coefficient (Wildman–Crippen LogP) is 2.47. The summed E-state index contributed by atoms with van der Waals surface area (Å²) in [7, 11) is 1.54. The summed E-state index contributed by atoms with van der Waals surface area (Å²) in [6, 6.07) is 5.28. The number of morpholine rings is 1. The quantitative estimate of drug-likeness (QED) is 0.501. The molecule has 0 unspecified atom stereocenters. The molecule has 1 amide bonds. The number of carbonyl (C=O) groups excluding carboxylic acids is 1. The lowest BCUT2D eigenvalue weighted by Gasteiger charge is -2.26. The van der Waals surface area contributed by atoms with E-state index in [9.17, 15) is 9.59 Å². The normalized spacial score (nSPS) is 16.1. The number of hydrogen-bond acceptors (Lipinski definition) is 8. The molecule has 0 bridgehead atoms. The van der Waals surface area contributed by atoms with Gasteiger partial charge in [0.05, 0.1) is 31.9 Å². The Morgan fingerprint density at radius 1 is 1.24 bits per heavy atom. The van der Waals surface area contributed by atoms with E-state index in [0.29, 0.717) is 43.2 Å². The molecule has 10 heteroatoms. The van der Waals surface area contributed by atoms with Crippen molar-refractivity contribution in [3.05, 3.63) is 50.9 Å². The predicted molar refractivity (Wildman–Crippen MR) is 129 cm³/mol. The summed E-state index contributed by atoms with van der Waals surface area (Å²) in [6.07, 6.45) is 7.25. The van der Waals surface area contributed by atoms with E-state index in [-0.39, 0.29) is 18.1 Å². The van der Waals surface area contributed by atoms with E-state index in [1.165, 1.54) is 23.0 Å². The van der Waals surface area contributed by atoms with Gasteiger partial charge in [0, 0.05) is 18.0 Å². The molecule has 0 atom stereocenters. The van der Waals surface area contributed by atoms with Crippen molar-refractivity contribution in [3.8, 4) is 11.5 Å². The summed E-state index contributed by atoms with van der Waals surface area (Å²) in [6.45, 7) is 2.16. The van der Waals surface area contributed by atoms with E-state index in [1.54, 1.807) is 40.7 Å². The van der Waals surface area contributed by atoms with Crippen LogP contribution in [0.3, 0.4) is 0 Å². The fourth-order valence-corrected chi connectivity index (χ4v) is 5.49. The number of thiophene rings is 1. The van der Waals surface area contributed by atoms with Crippen LogP contribution in [0.15, 0.2) is 34.4 Å². The van der Waals surface area contributed by atoms with Gasteiger partial charge in [0.25, 0.3) is 11.5 Å². The van der Waals surface area contributed by atoms with Crippen molar-refractivity contribution in [2.24, 2.45) is 5.10 Å². The molecule has 0 radical (unpaired) electrons. The van der Waals surface area contributed by atoms with E-state index >= 15 is 0 Å². The van der Waals surface area contributed by atoms with E-state index in [0.717, 1.165) is 41.6 Å². The van der Waals surface area contributed by atoms with Crippen molar-refractivity contribution < 1.29 is 19.0 Å². The second-order valence-electron chi connectivity index (χ2n) is 8.22. The van der Waals surface area contributed by atoms with Crippen molar-refractivity contribution in [2.75, 3.05) is 40.0 Å². The topological polar surface area (TPSA) is 95.2 Å². The number of aromatic nitrogens is 2. The number of ether oxygens (including phenoxy) is 3. The summed E-state index contributed by atoms with van der Waals surface area (Å²) in [5.41, 5.74) is 1.72. The fraction of sp³-hybridized carbons (Fsp3) is 0.417. The standard InChI is InChI=1S/C24H26N4O5S/c1-31-19-12-16(6-7-18(19)33-14-21(29)27-8-10-32-11-9-27)13-26-28-15-25-23-22(24(28)30)17-4-2-3-5-20(17)34-23/h6-7,12-13,15H,2-5,8-11,14H2,1H3/b26-13+. The third-order valence-electron chi connectivity index (χ3n) is 6.09. The average molecular weight is 483 g/mol. The molecular weight excluding hydrogens is 456 g/mol. The molecule has 1 fully saturated rings. The zero-order valence-electron chi connectivity index (χ0n) is 19.0. The highest BCUT2D eigenvalue weighted by molar-refractivity contribution is 7.18. The molecule has 0 saturated carbocycles. The first-order valence-electron chi connectivity index (χ1n) is 11.4. The Morgan fingerprint density at radius 3 is 2.88 bits per heavy atom. The number of aryl methyl sites for hydroxylation is 2. The number of rotatable bonds is 6. The Labute approximate surface area is 200 Å². The SMILES string of the molecule is COc1cc(/C=N/n2cnc3sc4c(c3c2=O)CCCC4)ccc1OCC(=O)N1CCOCC1. The number of amides is 1. The van der Waals surface area contributed by atoms with E-state index in [4.69, 9.17) is 14.2 Å². The number of nitrogens with zero attached hydrogens (tertiary/aromatic N) is 4. The van der Waals surface area contributed by atoms with Gasteiger partial charge in [-0.2, -0.15) is 9.78 Å². The van der Waals surface area contributed by atoms with Gasteiger partial charge in [0.1, 0.15) is 11.2 Å².